The highest BCUT2D eigenvalue weighted by Crippen LogP contribution is 2.42. The zero-order valence-electron chi connectivity index (χ0n) is 29.8. The first-order chi connectivity index (χ1) is 27.2. The predicted octanol–water partition coefficient (Wildman–Crippen LogP) is 16.0. The van der Waals surface area contributed by atoms with Crippen molar-refractivity contribution < 1.29 is 0 Å². The number of nitrogens with zero attached hydrogens (tertiary/aromatic N) is 1. The molecule has 0 amide bonds. The lowest BCUT2D eigenvalue weighted by atomic mass is 9.97. The first-order valence-corrected chi connectivity index (χ1v) is 20.3. The second kappa shape index (κ2) is 13.1. The fraction of sp³-hybridized carbons (Fsp3) is 0. The lowest BCUT2D eigenvalue weighted by Gasteiger charge is -2.27. The van der Waals surface area contributed by atoms with E-state index in [0.717, 1.165) is 17.1 Å². The zero-order chi connectivity index (χ0) is 36.3. The highest BCUT2D eigenvalue weighted by atomic mass is 32.1. The third kappa shape index (κ3) is 5.60. The standard InChI is InChI=1S/C52H33NS2/c1-2-16-43-34(10-1)11-9-19-44(43)35-22-26-40(27-23-35)53(41-14-7-12-36(30-41)38-25-29-51-48(32-38)46-18-4-6-21-50(46)54-51)42-15-8-13-37(31-42)39-24-28-47-45-17-3-5-20-49(45)55-52(47)33-39/h1-33H. The minimum absolute atomic E-state index is 1.11. The van der Waals surface area contributed by atoms with Gasteiger partial charge in [-0.15, -0.1) is 22.7 Å². The SMILES string of the molecule is c1cc(-c2ccc3c(c2)sc2ccccc23)cc(N(c2ccc(-c3cccc4ccccc34)cc2)c2cccc(-c3ccc4sc5ccccc5c4c3)c2)c1. The molecule has 0 fully saturated rings. The Hall–Kier alpha value is -6.52. The van der Waals surface area contributed by atoms with Gasteiger partial charge in [0.25, 0.3) is 0 Å². The van der Waals surface area contributed by atoms with E-state index in [2.05, 4.69) is 205 Å². The molecule has 2 aromatic heterocycles. The predicted molar refractivity (Wildman–Crippen MR) is 241 cm³/mol. The van der Waals surface area contributed by atoms with Gasteiger partial charge in [0.15, 0.2) is 0 Å². The van der Waals surface area contributed by atoms with E-state index in [-0.39, 0.29) is 0 Å². The summed E-state index contributed by atoms with van der Waals surface area (Å²) in [6, 6.07) is 73.5. The Morgan fingerprint density at radius 2 is 0.782 bits per heavy atom. The molecular formula is C52H33NS2. The summed E-state index contributed by atoms with van der Waals surface area (Å²) in [4.78, 5) is 2.40. The Kier molecular flexibility index (Phi) is 7.61. The summed E-state index contributed by atoms with van der Waals surface area (Å²) in [6.45, 7) is 0. The maximum Gasteiger partial charge on any atom is 0.0467 e. The van der Waals surface area contributed by atoms with Crippen molar-refractivity contribution in [2.24, 2.45) is 0 Å². The van der Waals surface area contributed by atoms with Crippen LogP contribution in [0.5, 0.6) is 0 Å². The second-order valence-corrected chi connectivity index (χ2v) is 16.3. The number of hydrogen-bond donors (Lipinski definition) is 0. The molecule has 1 nitrogen and oxygen atoms in total. The van der Waals surface area contributed by atoms with Crippen LogP contribution in [-0.2, 0) is 0 Å². The molecule has 0 radical (unpaired) electrons. The van der Waals surface area contributed by atoms with E-state index in [0.29, 0.717) is 0 Å². The molecule has 2 heterocycles. The van der Waals surface area contributed by atoms with Gasteiger partial charge in [0.2, 0.25) is 0 Å². The molecule has 9 aromatic carbocycles. The second-order valence-electron chi connectivity index (χ2n) is 14.1. The number of thiophene rings is 2. The minimum atomic E-state index is 1.11. The van der Waals surface area contributed by atoms with Crippen LogP contribution in [0.25, 0.3) is 84.5 Å². The number of rotatable bonds is 6. The minimum Gasteiger partial charge on any atom is -0.310 e. The van der Waals surface area contributed by atoms with Gasteiger partial charge in [0, 0.05) is 57.4 Å². The van der Waals surface area contributed by atoms with Gasteiger partial charge < -0.3 is 4.90 Å². The van der Waals surface area contributed by atoms with Gasteiger partial charge in [-0.2, -0.15) is 0 Å². The maximum atomic E-state index is 2.40. The molecule has 55 heavy (non-hydrogen) atoms. The van der Waals surface area contributed by atoms with Gasteiger partial charge in [-0.25, -0.2) is 0 Å². The molecule has 0 saturated heterocycles. The van der Waals surface area contributed by atoms with Gasteiger partial charge in [-0.05, 0) is 111 Å². The van der Waals surface area contributed by atoms with Crippen molar-refractivity contribution >= 4 is 90.9 Å². The molecule has 0 unspecified atom stereocenters. The molecule has 0 saturated carbocycles. The Morgan fingerprint density at radius 3 is 1.53 bits per heavy atom. The lowest BCUT2D eigenvalue weighted by molar-refractivity contribution is 1.28. The number of anilines is 3. The van der Waals surface area contributed by atoms with E-state index < -0.39 is 0 Å². The van der Waals surface area contributed by atoms with Crippen LogP contribution < -0.4 is 4.90 Å². The molecule has 0 spiro atoms. The van der Waals surface area contributed by atoms with Crippen LogP contribution in [0.4, 0.5) is 17.1 Å². The maximum absolute atomic E-state index is 2.40. The average Bonchev–Trinajstić information content (AvgIpc) is 3.82. The van der Waals surface area contributed by atoms with Gasteiger partial charge >= 0.3 is 0 Å². The summed E-state index contributed by atoms with van der Waals surface area (Å²) in [5, 5.41) is 7.79. The molecule has 258 valence electrons. The first-order valence-electron chi connectivity index (χ1n) is 18.7. The Balaban J connectivity index is 1.04. The molecule has 11 aromatic rings. The zero-order valence-corrected chi connectivity index (χ0v) is 31.4. The largest absolute Gasteiger partial charge is 0.310 e. The van der Waals surface area contributed by atoms with Crippen molar-refractivity contribution in [2.75, 3.05) is 4.90 Å². The van der Waals surface area contributed by atoms with E-state index in [4.69, 9.17) is 0 Å². The quantitative estimate of drug-likeness (QED) is 0.164. The van der Waals surface area contributed by atoms with Gasteiger partial charge in [-0.3, -0.25) is 0 Å². The Labute approximate surface area is 327 Å². The van der Waals surface area contributed by atoms with Crippen molar-refractivity contribution in [3.8, 4) is 33.4 Å². The average molecular weight is 736 g/mol. The summed E-state index contributed by atoms with van der Waals surface area (Å²) in [5.41, 5.74) is 10.6. The van der Waals surface area contributed by atoms with Gasteiger partial charge in [-0.1, -0.05) is 133 Å². The van der Waals surface area contributed by atoms with Crippen molar-refractivity contribution in [1.82, 2.24) is 0 Å². The van der Waals surface area contributed by atoms with Crippen LogP contribution in [0.15, 0.2) is 200 Å². The van der Waals surface area contributed by atoms with Crippen LogP contribution in [-0.4, -0.2) is 0 Å². The van der Waals surface area contributed by atoms with E-state index >= 15 is 0 Å². The van der Waals surface area contributed by atoms with Crippen molar-refractivity contribution in [3.63, 3.8) is 0 Å². The molecule has 0 N–H and O–H groups in total. The highest BCUT2D eigenvalue weighted by Gasteiger charge is 2.17. The summed E-state index contributed by atoms with van der Waals surface area (Å²) < 4.78 is 5.29. The van der Waals surface area contributed by atoms with Crippen LogP contribution in [0.2, 0.25) is 0 Å². The number of hydrogen-bond acceptors (Lipinski definition) is 3. The van der Waals surface area contributed by atoms with Crippen LogP contribution in [0, 0.1) is 0 Å². The van der Waals surface area contributed by atoms with E-state index in [1.165, 1.54) is 84.5 Å². The van der Waals surface area contributed by atoms with Crippen molar-refractivity contribution in [3.05, 3.63) is 200 Å². The molecular weight excluding hydrogens is 703 g/mol. The third-order valence-corrected chi connectivity index (χ3v) is 13.1. The molecule has 11 rings (SSSR count). The normalized spacial score (nSPS) is 11.6. The topological polar surface area (TPSA) is 3.24 Å². The molecule has 0 aliphatic heterocycles. The van der Waals surface area contributed by atoms with Gasteiger partial charge in [0.1, 0.15) is 0 Å². The molecule has 0 bridgehead atoms. The summed E-state index contributed by atoms with van der Waals surface area (Å²) in [6.07, 6.45) is 0. The third-order valence-electron chi connectivity index (χ3n) is 10.9. The number of benzene rings is 9. The molecule has 0 aliphatic rings. The Morgan fingerprint density at radius 1 is 0.273 bits per heavy atom. The number of fused-ring (bicyclic) bond motifs is 7. The van der Waals surface area contributed by atoms with E-state index in [1.54, 1.807) is 0 Å². The smallest absolute Gasteiger partial charge is 0.0467 e. The molecule has 3 heteroatoms. The summed E-state index contributed by atoms with van der Waals surface area (Å²) in [5.74, 6) is 0. The fourth-order valence-corrected chi connectivity index (χ4v) is 10.4. The van der Waals surface area contributed by atoms with Crippen LogP contribution in [0.3, 0.4) is 0 Å². The lowest BCUT2D eigenvalue weighted by Crippen LogP contribution is -2.10. The van der Waals surface area contributed by atoms with Crippen LogP contribution in [0.1, 0.15) is 0 Å². The molecule has 0 aliphatic carbocycles. The Bertz CT molecular complexity index is 3220. The van der Waals surface area contributed by atoms with E-state index in [1.807, 2.05) is 22.7 Å². The summed E-state index contributed by atoms with van der Waals surface area (Å²) >= 11 is 3.73. The fourth-order valence-electron chi connectivity index (χ4n) is 8.17. The summed E-state index contributed by atoms with van der Waals surface area (Å²) in [7, 11) is 0. The monoisotopic (exact) mass is 735 g/mol. The first kappa shape index (κ1) is 32.0. The highest BCUT2D eigenvalue weighted by molar-refractivity contribution is 7.26. The van der Waals surface area contributed by atoms with E-state index in [9.17, 15) is 0 Å². The van der Waals surface area contributed by atoms with Crippen molar-refractivity contribution in [1.29, 1.82) is 0 Å². The molecule has 0 atom stereocenters. The van der Waals surface area contributed by atoms with Gasteiger partial charge in [0.05, 0.1) is 0 Å². The van der Waals surface area contributed by atoms with Crippen LogP contribution >= 0.6 is 22.7 Å². The van der Waals surface area contributed by atoms with Crippen molar-refractivity contribution in [2.45, 2.75) is 0 Å².